The Kier molecular flexibility index (Phi) is 6.77. The van der Waals surface area contributed by atoms with Crippen molar-refractivity contribution < 1.29 is 4.79 Å². The van der Waals surface area contributed by atoms with E-state index < -0.39 is 0 Å². The summed E-state index contributed by atoms with van der Waals surface area (Å²) in [7, 11) is 0. The number of hydrazone groups is 1. The second-order valence-electron chi connectivity index (χ2n) is 6.79. The molecule has 0 bridgehead atoms. The van der Waals surface area contributed by atoms with Crippen LogP contribution in [0.1, 0.15) is 12.5 Å². The molecule has 1 N–H and O–H groups in total. The highest BCUT2D eigenvalue weighted by Gasteiger charge is 2.15. The van der Waals surface area contributed by atoms with Crippen LogP contribution in [0.2, 0.25) is 0 Å². The molecule has 0 saturated carbocycles. The van der Waals surface area contributed by atoms with E-state index in [9.17, 15) is 9.59 Å². The largest absolute Gasteiger partial charge is 0.272 e. The Labute approximate surface area is 196 Å². The zero-order valence-corrected chi connectivity index (χ0v) is 19.4. The van der Waals surface area contributed by atoms with E-state index in [1.807, 2.05) is 42.5 Å². The van der Waals surface area contributed by atoms with E-state index in [2.05, 4.69) is 36.4 Å². The van der Waals surface area contributed by atoms with Gasteiger partial charge in [-0.3, -0.25) is 19.1 Å². The number of halogens is 1. The molecule has 0 unspecified atom stereocenters. The third kappa shape index (κ3) is 4.95. The molecule has 2 aromatic heterocycles. The minimum atomic E-state index is -0.298. The van der Waals surface area contributed by atoms with Gasteiger partial charge in [0.2, 0.25) is 0 Å². The molecular weight excluding hydrogens is 490 g/mol. The number of aromatic nitrogens is 3. The average Bonchev–Trinajstić information content (AvgIpc) is 2.82. The Morgan fingerprint density at radius 2 is 1.81 bits per heavy atom. The van der Waals surface area contributed by atoms with Crippen molar-refractivity contribution in [2.45, 2.75) is 12.1 Å². The fourth-order valence-electron chi connectivity index (χ4n) is 2.99. The number of thioether (sulfide) groups is 1. The van der Waals surface area contributed by atoms with Gasteiger partial charge in [-0.05, 0) is 55.5 Å². The van der Waals surface area contributed by atoms with Gasteiger partial charge in [0.05, 0.1) is 28.1 Å². The van der Waals surface area contributed by atoms with Crippen LogP contribution in [0.5, 0.6) is 0 Å². The molecule has 4 aromatic rings. The molecule has 0 radical (unpaired) electrons. The third-order valence-corrected chi connectivity index (χ3v) is 6.08. The molecular formula is C23H18BrN5O2S. The first kappa shape index (κ1) is 21.9. The molecule has 2 aromatic carbocycles. The minimum Gasteiger partial charge on any atom is -0.272 e. The smallest absolute Gasteiger partial charge is 0.266 e. The highest BCUT2D eigenvalue weighted by molar-refractivity contribution is 9.10. The summed E-state index contributed by atoms with van der Waals surface area (Å²) < 4.78 is 2.43. The van der Waals surface area contributed by atoms with E-state index in [4.69, 9.17) is 0 Å². The summed E-state index contributed by atoms with van der Waals surface area (Å²) >= 11 is 4.59. The molecule has 7 nitrogen and oxygen atoms in total. The predicted octanol–water partition coefficient (Wildman–Crippen LogP) is 4.18. The standard InChI is InChI=1S/C23H18BrN5O2S/c1-15(16-10-12-25-13-11-16)27-28-21(30)14-32-23-26-20-5-3-2-4-19(20)22(31)29(23)18-8-6-17(24)7-9-18/h2-13H,14H2,1H3,(H,28,30). The van der Waals surface area contributed by atoms with E-state index in [1.54, 1.807) is 37.5 Å². The number of hydrogen-bond donors (Lipinski definition) is 1. The molecule has 2 heterocycles. The molecule has 9 heteroatoms. The van der Waals surface area contributed by atoms with Crippen molar-refractivity contribution in [3.63, 3.8) is 0 Å². The van der Waals surface area contributed by atoms with Crippen molar-refractivity contribution in [3.05, 3.63) is 93.4 Å². The van der Waals surface area contributed by atoms with Crippen molar-refractivity contribution in [3.8, 4) is 5.69 Å². The van der Waals surface area contributed by atoms with Crippen LogP contribution in [-0.2, 0) is 4.79 Å². The van der Waals surface area contributed by atoms with E-state index in [-0.39, 0.29) is 17.2 Å². The van der Waals surface area contributed by atoms with Crippen molar-refractivity contribution in [2.75, 3.05) is 5.75 Å². The first-order valence-corrected chi connectivity index (χ1v) is 11.4. The molecule has 0 aliphatic heterocycles. The summed E-state index contributed by atoms with van der Waals surface area (Å²) in [4.78, 5) is 34.3. The number of rotatable bonds is 6. The van der Waals surface area contributed by atoms with Crippen molar-refractivity contribution in [1.82, 2.24) is 20.0 Å². The van der Waals surface area contributed by atoms with E-state index in [0.717, 1.165) is 10.0 Å². The highest BCUT2D eigenvalue weighted by Crippen LogP contribution is 2.22. The van der Waals surface area contributed by atoms with Gasteiger partial charge in [0.1, 0.15) is 0 Å². The topological polar surface area (TPSA) is 89.2 Å². The van der Waals surface area contributed by atoms with Crippen LogP contribution < -0.4 is 11.0 Å². The maximum atomic E-state index is 13.2. The lowest BCUT2D eigenvalue weighted by Crippen LogP contribution is -2.24. The van der Waals surface area contributed by atoms with Gasteiger partial charge in [-0.15, -0.1) is 0 Å². The molecule has 160 valence electrons. The summed E-state index contributed by atoms with van der Waals surface area (Å²) in [5.74, 6) is -0.248. The van der Waals surface area contributed by atoms with Gasteiger partial charge in [0.25, 0.3) is 11.5 Å². The third-order valence-electron chi connectivity index (χ3n) is 4.61. The fourth-order valence-corrected chi connectivity index (χ4v) is 4.06. The summed E-state index contributed by atoms with van der Waals surface area (Å²) in [6.07, 6.45) is 3.33. The SMILES string of the molecule is CC(=NNC(=O)CSc1nc2ccccc2c(=O)n1-c1ccc(Br)cc1)c1ccncc1. The molecule has 0 atom stereocenters. The summed E-state index contributed by atoms with van der Waals surface area (Å²) in [5.41, 5.74) is 5.16. The number of nitrogens with zero attached hydrogens (tertiary/aromatic N) is 4. The van der Waals surface area contributed by atoms with E-state index >= 15 is 0 Å². The molecule has 0 fully saturated rings. The first-order valence-electron chi connectivity index (χ1n) is 9.67. The monoisotopic (exact) mass is 507 g/mol. The fraction of sp³-hybridized carbons (Fsp3) is 0.0870. The van der Waals surface area contributed by atoms with Crippen molar-refractivity contribution in [1.29, 1.82) is 0 Å². The van der Waals surface area contributed by atoms with E-state index in [0.29, 0.717) is 27.5 Å². The Morgan fingerprint density at radius 1 is 1.09 bits per heavy atom. The van der Waals surface area contributed by atoms with Gasteiger partial charge in [0, 0.05) is 22.4 Å². The number of pyridine rings is 1. The summed E-state index contributed by atoms with van der Waals surface area (Å²) in [6.45, 7) is 1.80. The van der Waals surface area contributed by atoms with Gasteiger partial charge < -0.3 is 0 Å². The average molecular weight is 508 g/mol. The summed E-state index contributed by atoms with van der Waals surface area (Å²) in [5, 5.41) is 5.09. The maximum absolute atomic E-state index is 13.2. The van der Waals surface area contributed by atoms with Crippen LogP contribution in [0.15, 0.2) is 92.6 Å². The zero-order chi connectivity index (χ0) is 22.5. The first-order chi connectivity index (χ1) is 15.5. The number of nitrogens with one attached hydrogen (secondary N) is 1. The van der Waals surface area contributed by atoms with Gasteiger partial charge in [-0.2, -0.15) is 5.10 Å². The second kappa shape index (κ2) is 9.88. The second-order valence-corrected chi connectivity index (χ2v) is 8.64. The predicted molar refractivity (Wildman–Crippen MR) is 130 cm³/mol. The van der Waals surface area contributed by atoms with Crippen LogP contribution in [0.3, 0.4) is 0 Å². The molecule has 32 heavy (non-hydrogen) atoms. The van der Waals surface area contributed by atoms with Crippen LogP contribution in [0.25, 0.3) is 16.6 Å². The van der Waals surface area contributed by atoms with Crippen molar-refractivity contribution in [2.24, 2.45) is 5.10 Å². The molecule has 0 saturated heterocycles. The van der Waals surface area contributed by atoms with Crippen LogP contribution in [0.4, 0.5) is 0 Å². The van der Waals surface area contributed by atoms with Gasteiger partial charge in [-0.1, -0.05) is 39.8 Å². The van der Waals surface area contributed by atoms with Gasteiger partial charge in [0.15, 0.2) is 5.16 Å². The quantitative estimate of drug-likeness (QED) is 0.183. The van der Waals surface area contributed by atoms with Crippen LogP contribution >= 0.6 is 27.7 Å². The van der Waals surface area contributed by atoms with Crippen LogP contribution in [0, 0.1) is 0 Å². The lowest BCUT2D eigenvalue weighted by molar-refractivity contribution is -0.118. The molecule has 0 aliphatic carbocycles. The molecule has 4 rings (SSSR count). The van der Waals surface area contributed by atoms with Gasteiger partial charge in [-0.25, -0.2) is 10.4 Å². The highest BCUT2D eigenvalue weighted by atomic mass is 79.9. The lowest BCUT2D eigenvalue weighted by Gasteiger charge is -2.13. The Balaban J connectivity index is 1.59. The maximum Gasteiger partial charge on any atom is 0.266 e. The zero-order valence-electron chi connectivity index (χ0n) is 17.0. The number of amides is 1. The molecule has 0 spiro atoms. The number of carbonyl (C=O) groups is 1. The number of carbonyl (C=O) groups excluding carboxylic acids is 1. The Morgan fingerprint density at radius 3 is 2.56 bits per heavy atom. The minimum absolute atomic E-state index is 0.0500. The Hall–Kier alpha value is -3.30. The number of hydrogen-bond acceptors (Lipinski definition) is 6. The number of para-hydroxylation sites is 1. The normalized spacial score (nSPS) is 11.5. The summed E-state index contributed by atoms with van der Waals surface area (Å²) in [6, 6.07) is 18.2. The molecule has 1 amide bonds. The lowest BCUT2D eigenvalue weighted by atomic mass is 10.2. The number of fused-ring (bicyclic) bond motifs is 1. The van der Waals surface area contributed by atoms with E-state index in [1.165, 1.54) is 16.3 Å². The van der Waals surface area contributed by atoms with Crippen LogP contribution in [-0.4, -0.2) is 31.9 Å². The number of benzene rings is 2. The molecule has 0 aliphatic rings. The Bertz CT molecular complexity index is 1350. The van der Waals surface area contributed by atoms with Crippen molar-refractivity contribution >= 4 is 50.2 Å². The van der Waals surface area contributed by atoms with Gasteiger partial charge >= 0.3 is 0 Å².